The van der Waals surface area contributed by atoms with Gasteiger partial charge in [0.25, 0.3) is 5.85 Å². The molecule has 0 unspecified atom stereocenters. The fourth-order valence-electron chi connectivity index (χ4n) is 0.606. The molecule has 0 heterocycles. The van der Waals surface area contributed by atoms with Crippen molar-refractivity contribution in [3.05, 3.63) is 12.0 Å². The third-order valence-corrected chi connectivity index (χ3v) is 2.42. The predicted molar refractivity (Wildman–Crippen MR) is 51.4 cm³/mol. The summed E-state index contributed by atoms with van der Waals surface area (Å²) in [5.41, 5.74) is 0. The van der Waals surface area contributed by atoms with Gasteiger partial charge in [-0.2, -0.15) is 0 Å². The van der Waals surface area contributed by atoms with Gasteiger partial charge in [-0.05, 0) is 36.3 Å². The van der Waals surface area contributed by atoms with Crippen LogP contribution in [0.4, 0.5) is 0 Å². The molecule has 5 heteroatoms. The fraction of sp³-hybridized carbons (Fsp3) is 0.667. The summed E-state index contributed by atoms with van der Waals surface area (Å²) in [7, 11) is 0. The van der Waals surface area contributed by atoms with Crippen molar-refractivity contribution in [1.82, 2.24) is 4.90 Å². The summed E-state index contributed by atoms with van der Waals surface area (Å²) in [6.07, 6.45) is 1.67. The summed E-state index contributed by atoms with van der Waals surface area (Å²) >= 11 is 10.6. The Bertz CT molecular complexity index is 173. The van der Waals surface area contributed by atoms with Gasteiger partial charge in [-0.3, -0.25) is 4.57 Å². The standard InChI is InChI=1S/C6H12Cl2NOP/c1-3-9(4-2)5-6-11(7,8)10/h5-6H,3-4H2,1-2H3. The van der Waals surface area contributed by atoms with Crippen molar-refractivity contribution in [3.8, 4) is 0 Å². The van der Waals surface area contributed by atoms with Crippen LogP contribution >= 0.6 is 28.3 Å². The van der Waals surface area contributed by atoms with Crippen molar-refractivity contribution in [2.24, 2.45) is 0 Å². The van der Waals surface area contributed by atoms with Gasteiger partial charge in [0.05, 0.1) is 0 Å². The number of halogens is 2. The van der Waals surface area contributed by atoms with E-state index < -0.39 is 5.85 Å². The summed E-state index contributed by atoms with van der Waals surface area (Å²) in [6.45, 7) is 5.73. The summed E-state index contributed by atoms with van der Waals surface area (Å²) in [4.78, 5) is 1.96. The molecule has 0 rings (SSSR count). The Hall–Kier alpha value is 0.350. The zero-order valence-electron chi connectivity index (χ0n) is 6.63. The topological polar surface area (TPSA) is 20.3 Å². The molecular formula is C6H12Cl2NOP. The molecule has 0 radical (unpaired) electrons. The zero-order chi connectivity index (χ0) is 8.91. The molecule has 11 heavy (non-hydrogen) atoms. The molecule has 66 valence electrons. The molecule has 0 aromatic rings. The average Bonchev–Trinajstić information content (AvgIpc) is 1.88. The van der Waals surface area contributed by atoms with Gasteiger partial charge < -0.3 is 4.90 Å². The minimum Gasteiger partial charge on any atom is -0.378 e. The number of nitrogens with zero attached hydrogens (tertiary/aromatic N) is 1. The number of hydrogen-bond donors (Lipinski definition) is 0. The van der Waals surface area contributed by atoms with E-state index in [1.165, 1.54) is 5.82 Å². The van der Waals surface area contributed by atoms with Crippen LogP contribution in [0.25, 0.3) is 0 Å². The summed E-state index contributed by atoms with van der Waals surface area (Å²) < 4.78 is 10.8. The van der Waals surface area contributed by atoms with Crippen molar-refractivity contribution in [2.45, 2.75) is 13.8 Å². The molecule has 0 fully saturated rings. The summed E-state index contributed by atoms with van der Waals surface area (Å²) in [5.74, 6) is -1.69. The highest BCUT2D eigenvalue weighted by Gasteiger charge is 2.06. The van der Waals surface area contributed by atoms with Crippen LogP contribution in [0.3, 0.4) is 0 Å². The lowest BCUT2D eigenvalue weighted by molar-refractivity contribution is 0.419. The Kier molecular flexibility index (Phi) is 5.24. The lowest BCUT2D eigenvalue weighted by Gasteiger charge is -2.14. The predicted octanol–water partition coefficient (Wildman–Crippen LogP) is 3.47. The van der Waals surface area contributed by atoms with E-state index in [0.717, 1.165) is 13.1 Å². The number of hydrogen-bond acceptors (Lipinski definition) is 2. The van der Waals surface area contributed by atoms with Gasteiger partial charge in [-0.25, -0.2) is 0 Å². The smallest absolute Gasteiger partial charge is 0.276 e. The Morgan fingerprint density at radius 2 is 1.82 bits per heavy atom. The van der Waals surface area contributed by atoms with Crippen molar-refractivity contribution < 1.29 is 4.57 Å². The van der Waals surface area contributed by atoms with Gasteiger partial charge in [-0.15, -0.1) is 0 Å². The van der Waals surface area contributed by atoms with E-state index >= 15 is 0 Å². The van der Waals surface area contributed by atoms with Crippen LogP contribution < -0.4 is 0 Å². The van der Waals surface area contributed by atoms with E-state index in [2.05, 4.69) is 0 Å². The second kappa shape index (κ2) is 5.08. The van der Waals surface area contributed by atoms with Gasteiger partial charge >= 0.3 is 0 Å². The second-order valence-electron chi connectivity index (χ2n) is 2.02. The highest BCUT2D eigenvalue weighted by molar-refractivity contribution is 8.10. The SMILES string of the molecule is CCN(C=CP(=O)(Cl)Cl)CC. The average molecular weight is 216 g/mol. The van der Waals surface area contributed by atoms with Crippen molar-refractivity contribution in [1.29, 1.82) is 0 Å². The quantitative estimate of drug-likeness (QED) is 0.670. The van der Waals surface area contributed by atoms with E-state index in [0.29, 0.717) is 0 Å². The molecule has 0 aliphatic heterocycles. The Labute approximate surface area is 77.1 Å². The largest absolute Gasteiger partial charge is 0.378 e. The molecule has 0 bridgehead atoms. The van der Waals surface area contributed by atoms with Crippen molar-refractivity contribution in [3.63, 3.8) is 0 Å². The van der Waals surface area contributed by atoms with Crippen molar-refractivity contribution >= 4 is 28.3 Å². The van der Waals surface area contributed by atoms with E-state index in [9.17, 15) is 4.57 Å². The summed E-state index contributed by atoms with van der Waals surface area (Å²) in [5, 5.41) is 0. The maximum Gasteiger partial charge on any atom is 0.276 e. The van der Waals surface area contributed by atoms with E-state index in [-0.39, 0.29) is 0 Å². The molecule has 0 aromatic heterocycles. The van der Waals surface area contributed by atoms with Crippen LogP contribution in [0.5, 0.6) is 0 Å². The Morgan fingerprint density at radius 1 is 1.36 bits per heavy atom. The maximum atomic E-state index is 10.8. The first-order chi connectivity index (χ1) is 4.99. The minimum absolute atomic E-state index is 0.862. The first-order valence-corrected chi connectivity index (χ1v) is 7.00. The van der Waals surface area contributed by atoms with Gasteiger partial charge in [0, 0.05) is 25.1 Å². The van der Waals surface area contributed by atoms with Gasteiger partial charge in [0.2, 0.25) is 0 Å². The molecular weight excluding hydrogens is 204 g/mol. The zero-order valence-corrected chi connectivity index (χ0v) is 9.03. The van der Waals surface area contributed by atoms with E-state index in [1.807, 2.05) is 18.7 Å². The first kappa shape index (κ1) is 11.4. The summed E-state index contributed by atoms with van der Waals surface area (Å²) in [6, 6.07) is 0. The number of rotatable bonds is 4. The molecule has 0 saturated heterocycles. The normalized spacial score (nSPS) is 12.4. The second-order valence-corrected chi connectivity index (χ2v) is 6.86. The fourth-order valence-corrected chi connectivity index (χ4v) is 1.25. The molecule has 0 aliphatic carbocycles. The highest BCUT2D eigenvalue weighted by atomic mass is 35.9. The van der Waals surface area contributed by atoms with Crippen LogP contribution in [-0.2, 0) is 4.57 Å². The lowest BCUT2D eigenvalue weighted by atomic mass is 10.5. The van der Waals surface area contributed by atoms with Crippen LogP contribution in [0.15, 0.2) is 12.0 Å². The Morgan fingerprint density at radius 3 is 2.09 bits per heavy atom. The highest BCUT2D eigenvalue weighted by Crippen LogP contribution is 2.57. The first-order valence-electron chi connectivity index (χ1n) is 3.42. The Balaban J connectivity index is 4.00. The molecule has 0 aromatic carbocycles. The molecule has 0 amide bonds. The molecule has 0 saturated carbocycles. The molecule has 2 nitrogen and oxygen atoms in total. The third kappa shape index (κ3) is 6.74. The molecule has 0 atom stereocenters. The van der Waals surface area contributed by atoms with Crippen molar-refractivity contribution in [2.75, 3.05) is 13.1 Å². The molecule has 0 aliphatic rings. The molecule has 0 spiro atoms. The van der Waals surface area contributed by atoms with Crippen LogP contribution in [-0.4, -0.2) is 18.0 Å². The third-order valence-electron chi connectivity index (χ3n) is 1.26. The van der Waals surface area contributed by atoms with Gasteiger partial charge in [0.1, 0.15) is 0 Å². The molecule has 0 N–H and O–H groups in total. The van der Waals surface area contributed by atoms with E-state index in [4.69, 9.17) is 22.5 Å². The maximum absolute atomic E-state index is 10.8. The van der Waals surface area contributed by atoms with Crippen LogP contribution in [0.2, 0.25) is 0 Å². The van der Waals surface area contributed by atoms with Gasteiger partial charge in [-0.1, -0.05) is 0 Å². The monoisotopic (exact) mass is 215 g/mol. The minimum atomic E-state index is -3.02. The van der Waals surface area contributed by atoms with Crippen LogP contribution in [0, 0.1) is 0 Å². The van der Waals surface area contributed by atoms with E-state index in [1.54, 1.807) is 6.20 Å². The van der Waals surface area contributed by atoms with Gasteiger partial charge in [0.15, 0.2) is 0 Å². The lowest BCUT2D eigenvalue weighted by Crippen LogP contribution is -2.14. The van der Waals surface area contributed by atoms with Crippen LogP contribution in [0.1, 0.15) is 13.8 Å².